The molecule has 0 unspecified atom stereocenters. The highest BCUT2D eigenvalue weighted by Gasteiger charge is 2.12. The third kappa shape index (κ3) is 6.54. The SMILES string of the molecule is CC.CCc1sc(NC=O)c(C#N)c1C.CNc1ccccc1. The monoisotopic (exact) mass is 331 g/mol. The van der Waals surface area contributed by atoms with Crippen LogP contribution in [0.15, 0.2) is 30.3 Å². The van der Waals surface area contributed by atoms with Gasteiger partial charge in [0.2, 0.25) is 6.41 Å². The van der Waals surface area contributed by atoms with Crippen LogP contribution in [0, 0.1) is 18.3 Å². The summed E-state index contributed by atoms with van der Waals surface area (Å²) < 4.78 is 0. The molecule has 23 heavy (non-hydrogen) atoms. The summed E-state index contributed by atoms with van der Waals surface area (Å²) in [6.45, 7) is 7.94. The van der Waals surface area contributed by atoms with Crippen molar-refractivity contribution in [3.8, 4) is 6.07 Å². The first-order valence-corrected chi connectivity index (χ1v) is 8.44. The molecular formula is C18H25N3OS. The fourth-order valence-electron chi connectivity index (χ4n) is 1.79. The summed E-state index contributed by atoms with van der Waals surface area (Å²) in [7, 11) is 1.91. The van der Waals surface area contributed by atoms with Gasteiger partial charge in [0.1, 0.15) is 11.1 Å². The second kappa shape index (κ2) is 12.2. The van der Waals surface area contributed by atoms with Gasteiger partial charge in [0, 0.05) is 17.6 Å². The average Bonchev–Trinajstić information content (AvgIpc) is 2.93. The van der Waals surface area contributed by atoms with E-state index in [2.05, 4.69) is 16.7 Å². The summed E-state index contributed by atoms with van der Waals surface area (Å²) in [6, 6.07) is 12.2. The zero-order valence-electron chi connectivity index (χ0n) is 14.4. The van der Waals surface area contributed by atoms with Crippen LogP contribution in [0.25, 0.3) is 0 Å². The first-order chi connectivity index (χ1) is 11.2. The van der Waals surface area contributed by atoms with E-state index in [9.17, 15) is 4.79 Å². The molecule has 0 saturated heterocycles. The van der Waals surface area contributed by atoms with Gasteiger partial charge < -0.3 is 10.6 Å². The van der Waals surface area contributed by atoms with E-state index < -0.39 is 0 Å². The molecule has 2 aromatic rings. The number of para-hydroxylation sites is 1. The number of aryl methyl sites for hydroxylation is 1. The van der Waals surface area contributed by atoms with Crippen LogP contribution in [-0.2, 0) is 11.2 Å². The Hall–Kier alpha value is -2.32. The van der Waals surface area contributed by atoms with Crippen molar-refractivity contribution in [2.75, 3.05) is 17.7 Å². The lowest BCUT2D eigenvalue weighted by Gasteiger charge is -1.94. The van der Waals surface area contributed by atoms with E-state index in [1.807, 2.05) is 65.1 Å². The minimum atomic E-state index is 0.592. The number of thiophene rings is 1. The fourth-order valence-corrected chi connectivity index (χ4v) is 2.85. The Labute approximate surface area is 143 Å². The van der Waals surface area contributed by atoms with E-state index in [-0.39, 0.29) is 0 Å². The van der Waals surface area contributed by atoms with Crippen LogP contribution < -0.4 is 10.6 Å². The zero-order valence-corrected chi connectivity index (χ0v) is 15.3. The van der Waals surface area contributed by atoms with Crippen LogP contribution in [0.4, 0.5) is 10.7 Å². The molecule has 0 radical (unpaired) electrons. The number of carbonyl (C=O) groups excluding carboxylic acids is 1. The van der Waals surface area contributed by atoms with Gasteiger partial charge in [0.15, 0.2) is 0 Å². The van der Waals surface area contributed by atoms with Crippen LogP contribution >= 0.6 is 11.3 Å². The van der Waals surface area contributed by atoms with Gasteiger partial charge in [0.25, 0.3) is 0 Å². The Morgan fingerprint density at radius 1 is 1.26 bits per heavy atom. The van der Waals surface area contributed by atoms with Crippen molar-refractivity contribution in [2.24, 2.45) is 0 Å². The third-order valence-electron chi connectivity index (χ3n) is 2.93. The van der Waals surface area contributed by atoms with Crippen LogP contribution in [0.1, 0.15) is 36.8 Å². The molecule has 0 atom stereocenters. The number of amides is 1. The van der Waals surface area contributed by atoms with Crippen molar-refractivity contribution in [1.29, 1.82) is 5.26 Å². The topological polar surface area (TPSA) is 64.9 Å². The van der Waals surface area contributed by atoms with E-state index in [0.717, 1.165) is 22.5 Å². The maximum Gasteiger partial charge on any atom is 0.212 e. The van der Waals surface area contributed by atoms with Gasteiger partial charge in [-0.3, -0.25) is 4.79 Å². The number of nitrogens with zero attached hydrogens (tertiary/aromatic N) is 1. The van der Waals surface area contributed by atoms with Gasteiger partial charge in [-0.2, -0.15) is 5.26 Å². The Morgan fingerprint density at radius 2 is 1.87 bits per heavy atom. The maximum atomic E-state index is 10.2. The number of benzene rings is 1. The standard InChI is InChI=1S/C9H10N2OS.C7H9N.C2H6/c1-3-8-6(2)7(4-10)9(13-8)11-5-12;1-8-7-5-3-2-4-6-7;1-2/h5H,3H2,1-2H3,(H,11,12);2-6,8H,1H3;1-2H3. The number of anilines is 2. The predicted octanol–water partition coefficient (Wildman–Crippen LogP) is 4.81. The summed E-state index contributed by atoms with van der Waals surface area (Å²) in [5.74, 6) is 0. The van der Waals surface area contributed by atoms with E-state index >= 15 is 0 Å². The largest absolute Gasteiger partial charge is 0.388 e. The average molecular weight is 331 g/mol. The lowest BCUT2D eigenvalue weighted by atomic mass is 10.1. The first kappa shape index (κ1) is 20.7. The summed E-state index contributed by atoms with van der Waals surface area (Å²) in [5.41, 5.74) is 2.74. The number of carbonyl (C=O) groups is 1. The quantitative estimate of drug-likeness (QED) is 0.790. The molecule has 0 aliphatic heterocycles. The number of nitriles is 1. The van der Waals surface area contributed by atoms with E-state index in [1.165, 1.54) is 11.3 Å². The molecule has 0 aliphatic rings. The molecule has 4 nitrogen and oxygen atoms in total. The smallest absolute Gasteiger partial charge is 0.212 e. The summed E-state index contributed by atoms with van der Waals surface area (Å²) in [4.78, 5) is 11.4. The van der Waals surface area contributed by atoms with Crippen LogP contribution in [0.5, 0.6) is 0 Å². The molecule has 0 saturated carbocycles. The first-order valence-electron chi connectivity index (χ1n) is 7.63. The molecule has 5 heteroatoms. The van der Waals surface area contributed by atoms with Crippen molar-refractivity contribution in [1.82, 2.24) is 0 Å². The van der Waals surface area contributed by atoms with E-state index in [1.54, 1.807) is 0 Å². The second-order valence-electron chi connectivity index (χ2n) is 4.20. The molecule has 0 fully saturated rings. The fraction of sp³-hybridized carbons (Fsp3) is 0.333. The molecule has 1 aromatic heterocycles. The molecule has 1 heterocycles. The highest BCUT2D eigenvalue weighted by Crippen LogP contribution is 2.32. The molecule has 2 N–H and O–H groups in total. The van der Waals surface area contributed by atoms with Crippen LogP contribution in [-0.4, -0.2) is 13.5 Å². The van der Waals surface area contributed by atoms with Gasteiger partial charge in [-0.25, -0.2) is 0 Å². The Bertz CT molecular complexity index is 615. The van der Waals surface area contributed by atoms with Gasteiger partial charge in [-0.15, -0.1) is 11.3 Å². The summed E-state index contributed by atoms with van der Waals surface area (Å²) in [5, 5.41) is 15.1. The van der Waals surface area contributed by atoms with Gasteiger partial charge in [-0.05, 0) is 31.0 Å². The van der Waals surface area contributed by atoms with Gasteiger partial charge in [0.05, 0.1) is 5.56 Å². The van der Waals surface area contributed by atoms with E-state index in [4.69, 9.17) is 5.26 Å². The molecule has 0 aliphatic carbocycles. The summed E-state index contributed by atoms with van der Waals surface area (Å²) in [6.07, 6.45) is 1.50. The maximum absolute atomic E-state index is 10.2. The summed E-state index contributed by atoms with van der Waals surface area (Å²) >= 11 is 1.47. The van der Waals surface area contributed by atoms with Crippen LogP contribution in [0.3, 0.4) is 0 Å². The van der Waals surface area contributed by atoms with Gasteiger partial charge in [-0.1, -0.05) is 39.0 Å². The normalized spacial score (nSPS) is 8.52. The van der Waals surface area contributed by atoms with Crippen molar-refractivity contribution < 1.29 is 4.79 Å². The van der Waals surface area contributed by atoms with Crippen molar-refractivity contribution in [3.05, 3.63) is 46.3 Å². The Morgan fingerprint density at radius 3 is 2.26 bits per heavy atom. The minimum Gasteiger partial charge on any atom is -0.388 e. The predicted molar refractivity (Wildman–Crippen MR) is 100 cm³/mol. The Balaban J connectivity index is 0.000000414. The van der Waals surface area contributed by atoms with Crippen LogP contribution in [0.2, 0.25) is 0 Å². The minimum absolute atomic E-state index is 0.592. The van der Waals surface area contributed by atoms with Gasteiger partial charge >= 0.3 is 0 Å². The number of hydrogen-bond donors (Lipinski definition) is 2. The highest BCUT2D eigenvalue weighted by molar-refractivity contribution is 7.16. The Kier molecular flexibility index (Phi) is 11.0. The van der Waals surface area contributed by atoms with Crippen molar-refractivity contribution in [3.63, 3.8) is 0 Å². The molecule has 124 valence electrons. The van der Waals surface area contributed by atoms with Crippen molar-refractivity contribution in [2.45, 2.75) is 34.1 Å². The lowest BCUT2D eigenvalue weighted by Crippen LogP contribution is -1.92. The molecule has 0 bridgehead atoms. The lowest BCUT2D eigenvalue weighted by molar-refractivity contribution is -0.105. The number of nitrogens with one attached hydrogen (secondary N) is 2. The third-order valence-corrected chi connectivity index (χ3v) is 4.30. The second-order valence-corrected chi connectivity index (χ2v) is 5.30. The molecular weight excluding hydrogens is 306 g/mol. The molecule has 2 rings (SSSR count). The molecule has 1 aromatic carbocycles. The molecule has 1 amide bonds. The van der Waals surface area contributed by atoms with E-state index in [0.29, 0.717) is 17.0 Å². The zero-order chi connectivity index (χ0) is 17.7. The highest BCUT2D eigenvalue weighted by atomic mass is 32.1. The number of rotatable bonds is 4. The van der Waals surface area contributed by atoms with Crippen molar-refractivity contribution >= 4 is 28.4 Å². The molecule has 0 spiro atoms. The number of hydrogen-bond acceptors (Lipinski definition) is 4.